The van der Waals surface area contributed by atoms with Gasteiger partial charge in [0.1, 0.15) is 66.4 Å². The van der Waals surface area contributed by atoms with Crippen molar-refractivity contribution in [3.05, 3.63) is 65.7 Å². The van der Waals surface area contributed by atoms with Crippen molar-refractivity contribution in [2.75, 3.05) is 26.9 Å². The van der Waals surface area contributed by atoms with Crippen LogP contribution < -0.4 is 4.74 Å². The van der Waals surface area contributed by atoms with Crippen molar-refractivity contribution in [2.24, 2.45) is 0 Å². The first-order valence-electron chi connectivity index (χ1n) is 16.7. The van der Waals surface area contributed by atoms with Crippen LogP contribution in [0.25, 0.3) is 6.08 Å². The van der Waals surface area contributed by atoms with Gasteiger partial charge in [-0.05, 0) is 54.8 Å². The van der Waals surface area contributed by atoms with Crippen molar-refractivity contribution in [3.8, 4) is 11.5 Å². The Bertz CT molecular complexity index is 1440. The van der Waals surface area contributed by atoms with Crippen molar-refractivity contribution >= 4 is 12.0 Å². The van der Waals surface area contributed by atoms with Crippen molar-refractivity contribution in [1.29, 1.82) is 0 Å². The fraction of sp³-hybridized carbons (Fsp3) is 0.571. The van der Waals surface area contributed by atoms with Gasteiger partial charge in [0.15, 0.2) is 25.0 Å². The van der Waals surface area contributed by atoms with Crippen LogP contribution in [0.3, 0.4) is 0 Å². The molecule has 14 atom stereocenters. The highest BCUT2D eigenvalue weighted by Gasteiger charge is 2.51. The lowest BCUT2D eigenvalue weighted by Crippen LogP contribution is -2.64. The summed E-state index contributed by atoms with van der Waals surface area (Å²) in [5.74, 6) is -0.111. The Kier molecular flexibility index (Phi) is 14.0. The van der Waals surface area contributed by atoms with Gasteiger partial charge in [0, 0.05) is 6.08 Å². The first-order valence-corrected chi connectivity index (χ1v) is 16.7. The molecule has 0 aromatic heterocycles. The Labute approximate surface area is 299 Å². The van der Waals surface area contributed by atoms with Crippen LogP contribution in [-0.2, 0) is 44.4 Å². The monoisotopic (exact) mass is 738 g/mol. The Hall–Kier alpha value is -3.27. The van der Waals surface area contributed by atoms with E-state index >= 15 is 0 Å². The Morgan fingerprint density at radius 2 is 1.46 bits per heavy atom. The van der Waals surface area contributed by atoms with Crippen LogP contribution in [0.15, 0.2) is 54.6 Å². The second-order valence-corrected chi connectivity index (χ2v) is 12.7. The number of methoxy groups -OCH3 is 1. The Morgan fingerprint density at radius 3 is 2.15 bits per heavy atom. The lowest BCUT2D eigenvalue weighted by Gasteiger charge is -2.46. The van der Waals surface area contributed by atoms with Gasteiger partial charge in [-0.25, -0.2) is 4.79 Å². The summed E-state index contributed by atoms with van der Waals surface area (Å²) in [5, 5.41) is 83.2. The molecule has 288 valence electrons. The van der Waals surface area contributed by atoms with Crippen molar-refractivity contribution in [2.45, 2.75) is 99.4 Å². The van der Waals surface area contributed by atoms with E-state index in [1.807, 2.05) is 0 Å². The number of aromatic hydroxyl groups is 1. The van der Waals surface area contributed by atoms with Gasteiger partial charge in [0.05, 0.1) is 33.0 Å². The van der Waals surface area contributed by atoms with Gasteiger partial charge in [-0.2, -0.15) is 0 Å². The molecule has 3 aliphatic rings. The van der Waals surface area contributed by atoms with Gasteiger partial charge in [-0.15, -0.1) is 0 Å². The van der Waals surface area contributed by atoms with Crippen LogP contribution in [-0.4, -0.2) is 160 Å². The molecule has 0 saturated carbocycles. The smallest absolute Gasteiger partial charge is 0.331 e. The zero-order valence-corrected chi connectivity index (χ0v) is 28.4. The van der Waals surface area contributed by atoms with E-state index in [9.17, 15) is 45.6 Å². The highest BCUT2D eigenvalue weighted by atomic mass is 16.7. The molecule has 8 N–H and O–H groups in total. The predicted octanol–water partition coefficient (Wildman–Crippen LogP) is -1.66. The average Bonchev–Trinajstić information content (AvgIpc) is 3.14. The van der Waals surface area contributed by atoms with E-state index < -0.39 is 105 Å². The summed E-state index contributed by atoms with van der Waals surface area (Å²) in [7, 11) is 1.52. The fourth-order valence-electron chi connectivity index (χ4n) is 5.89. The Balaban J connectivity index is 1.24. The summed E-state index contributed by atoms with van der Waals surface area (Å²) >= 11 is 0. The number of rotatable bonds is 13. The minimum absolute atomic E-state index is 0.0556. The van der Waals surface area contributed by atoms with Crippen LogP contribution in [0.4, 0.5) is 0 Å². The summed E-state index contributed by atoms with van der Waals surface area (Å²) in [6, 6.07) is 13.2. The van der Waals surface area contributed by atoms with E-state index in [4.69, 9.17) is 37.9 Å². The fourth-order valence-corrected chi connectivity index (χ4v) is 5.89. The second kappa shape index (κ2) is 18.2. The minimum Gasteiger partial charge on any atom is -0.508 e. The molecule has 3 fully saturated rings. The molecular formula is C35H46O17. The van der Waals surface area contributed by atoms with Gasteiger partial charge in [-0.3, -0.25) is 0 Å². The maximum atomic E-state index is 12.9. The van der Waals surface area contributed by atoms with Gasteiger partial charge >= 0.3 is 5.97 Å². The molecule has 3 saturated heterocycles. The van der Waals surface area contributed by atoms with E-state index in [1.165, 1.54) is 32.2 Å². The van der Waals surface area contributed by atoms with Gasteiger partial charge in [0.2, 0.25) is 0 Å². The molecule has 17 nitrogen and oxygen atoms in total. The quantitative estimate of drug-likeness (QED) is 0.0846. The van der Waals surface area contributed by atoms with Crippen molar-refractivity contribution in [3.63, 3.8) is 0 Å². The topological polar surface area (TPSA) is 253 Å². The van der Waals surface area contributed by atoms with E-state index in [-0.39, 0.29) is 12.4 Å². The lowest BCUT2D eigenvalue weighted by atomic mass is 9.98. The number of esters is 1. The number of aliphatic hydroxyl groups excluding tert-OH is 7. The molecule has 2 aromatic carbocycles. The third kappa shape index (κ3) is 9.83. The lowest BCUT2D eigenvalue weighted by molar-refractivity contribution is -0.354. The van der Waals surface area contributed by atoms with Crippen LogP contribution in [0.5, 0.6) is 11.5 Å². The standard InChI is InChI=1S/C35H46O17/c1-17-31(51-24(38)12-7-18-5-10-21(45-2)11-6-18)32(52-34-28(42)25(39)22(37)15-47-34)30(44)35(49-17)48-16-23-26(40)27(41)29(43)33(50-23)46-14-13-19-3-8-20(36)9-4-19/h3-12,17,22-23,25-37,39-44H,13-16H2,1-2H3/b12-7+. The SMILES string of the molecule is COc1ccc(/C=C/C(=O)OC2C(C)OC(OCC3OC(OCCc4ccc(O)cc4)C(O)C(O)C3O)C(O)C2OC2OCC(O)C(O)C2O)cc1. The Morgan fingerprint density at radius 1 is 0.788 bits per heavy atom. The predicted molar refractivity (Wildman–Crippen MR) is 175 cm³/mol. The summed E-state index contributed by atoms with van der Waals surface area (Å²) < 4.78 is 45.0. The van der Waals surface area contributed by atoms with E-state index in [0.29, 0.717) is 17.7 Å². The zero-order valence-electron chi connectivity index (χ0n) is 28.4. The minimum atomic E-state index is -1.75. The molecule has 14 unspecified atom stereocenters. The molecule has 0 radical (unpaired) electrons. The van der Waals surface area contributed by atoms with E-state index in [1.54, 1.807) is 36.4 Å². The molecule has 0 aliphatic carbocycles. The molecule has 0 spiro atoms. The molecule has 17 heteroatoms. The zero-order chi connectivity index (χ0) is 37.5. The average molecular weight is 739 g/mol. The first kappa shape index (κ1) is 39.9. The largest absolute Gasteiger partial charge is 0.508 e. The number of phenols is 1. The number of carbonyl (C=O) groups excluding carboxylic acids is 1. The maximum absolute atomic E-state index is 12.9. The van der Waals surface area contributed by atoms with Crippen LogP contribution >= 0.6 is 0 Å². The molecule has 0 amide bonds. The first-order chi connectivity index (χ1) is 24.9. The molecule has 52 heavy (non-hydrogen) atoms. The van der Waals surface area contributed by atoms with Gasteiger partial charge in [0.25, 0.3) is 0 Å². The third-order valence-corrected chi connectivity index (χ3v) is 8.98. The molecule has 0 bridgehead atoms. The number of phenolic OH excluding ortho intramolecular Hbond substituents is 1. The third-order valence-electron chi connectivity index (χ3n) is 8.98. The second-order valence-electron chi connectivity index (χ2n) is 12.7. The van der Waals surface area contributed by atoms with E-state index in [0.717, 1.165) is 11.6 Å². The van der Waals surface area contributed by atoms with E-state index in [2.05, 4.69) is 0 Å². The highest BCUT2D eigenvalue weighted by Crippen LogP contribution is 2.31. The molecule has 3 heterocycles. The van der Waals surface area contributed by atoms with Gasteiger partial charge in [-0.1, -0.05) is 24.3 Å². The van der Waals surface area contributed by atoms with Gasteiger partial charge < -0.3 is 78.7 Å². The summed E-state index contributed by atoms with van der Waals surface area (Å²) in [5.41, 5.74) is 1.49. The molecule has 2 aromatic rings. The van der Waals surface area contributed by atoms with Crippen LogP contribution in [0, 0.1) is 0 Å². The van der Waals surface area contributed by atoms with Crippen LogP contribution in [0.2, 0.25) is 0 Å². The molecular weight excluding hydrogens is 692 g/mol. The van der Waals surface area contributed by atoms with Crippen molar-refractivity contribution in [1.82, 2.24) is 0 Å². The molecule has 5 rings (SSSR count). The van der Waals surface area contributed by atoms with Crippen molar-refractivity contribution < 1.29 is 83.5 Å². The summed E-state index contributed by atoms with van der Waals surface area (Å²) in [6.45, 7) is 0.660. The van der Waals surface area contributed by atoms with Crippen LogP contribution in [0.1, 0.15) is 18.1 Å². The molecule has 3 aliphatic heterocycles. The number of carbonyl (C=O) groups is 1. The summed E-state index contributed by atoms with van der Waals surface area (Å²) in [4.78, 5) is 12.9. The number of aliphatic hydroxyl groups is 7. The number of hydrogen-bond acceptors (Lipinski definition) is 17. The number of ether oxygens (including phenoxy) is 8. The number of hydrogen-bond donors (Lipinski definition) is 8. The summed E-state index contributed by atoms with van der Waals surface area (Å²) in [6.07, 6.45) is -18.0. The normalized spacial score (nSPS) is 36.8. The maximum Gasteiger partial charge on any atom is 0.331 e. The highest BCUT2D eigenvalue weighted by molar-refractivity contribution is 5.87. The number of benzene rings is 2.